The third kappa shape index (κ3) is 5.40. The fourth-order valence-corrected chi connectivity index (χ4v) is 3.33. The summed E-state index contributed by atoms with van der Waals surface area (Å²) in [6.45, 7) is 8.97. The molecule has 6 nitrogen and oxygen atoms in total. The molecule has 2 rings (SSSR count). The Morgan fingerprint density at radius 2 is 1.84 bits per heavy atom. The Kier molecular flexibility index (Phi) is 7.19. The Hall–Kier alpha value is -1.67. The van der Waals surface area contributed by atoms with Gasteiger partial charge in [-0.25, -0.2) is 0 Å². The zero-order valence-corrected chi connectivity index (χ0v) is 17.2. The lowest BCUT2D eigenvalue weighted by Crippen LogP contribution is -2.15. The average Bonchev–Trinajstić information content (AvgIpc) is 3.00. The number of amides is 1. The number of anilines is 1. The Labute approximate surface area is 160 Å². The highest BCUT2D eigenvalue weighted by atomic mass is 79.9. The zero-order chi connectivity index (χ0) is 18.4. The highest BCUT2D eigenvalue weighted by Crippen LogP contribution is 2.34. The summed E-state index contributed by atoms with van der Waals surface area (Å²) in [7, 11) is 0. The number of nitrogens with zero attached hydrogens (tertiary/aromatic N) is 2. The van der Waals surface area contributed by atoms with Gasteiger partial charge in [-0.05, 0) is 31.5 Å². The summed E-state index contributed by atoms with van der Waals surface area (Å²) in [4.78, 5) is 12.3. The first kappa shape index (κ1) is 19.7. The predicted octanol–water partition coefficient (Wildman–Crippen LogP) is 4.40. The Morgan fingerprint density at radius 3 is 2.40 bits per heavy atom. The van der Waals surface area contributed by atoms with Gasteiger partial charge in [-0.2, -0.15) is 0 Å². The van der Waals surface area contributed by atoms with Crippen molar-refractivity contribution in [1.82, 2.24) is 10.2 Å². The van der Waals surface area contributed by atoms with Gasteiger partial charge in [0.1, 0.15) is 5.01 Å². The van der Waals surface area contributed by atoms with Crippen LogP contribution in [0.15, 0.2) is 16.6 Å². The van der Waals surface area contributed by atoms with Crippen LogP contribution < -0.4 is 14.8 Å². The van der Waals surface area contributed by atoms with E-state index in [0.717, 1.165) is 15.0 Å². The van der Waals surface area contributed by atoms with Crippen LogP contribution >= 0.6 is 27.3 Å². The van der Waals surface area contributed by atoms with E-state index in [1.165, 1.54) is 11.3 Å². The lowest BCUT2D eigenvalue weighted by molar-refractivity contribution is -0.115. The standard InChI is InChI=1S/C17H22BrN3O3S/c1-5-23-13-7-11(12(18)9-14(13)24-6-2)8-15(22)19-17-21-20-16(25-17)10(3)4/h7,9-10H,5-6,8H2,1-4H3,(H,19,21,22). The van der Waals surface area contributed by atoms with Crippen LogP contribution in [0.4, 0.5) is 5.13 Å². The van der Waals surface area contributed by atoms with Crippen molar-refractivity contribution in [3.8, 4) is 11.5 Å². The van der Waals surface area contributed by atoms with E-state index < -0.39 is 0 Å². The van der Waals surface area contributed by atoms with Crippen LogP contribution in [0.3, 0.4) is 0 Å². The fraction of sp³-hybridized carbons (Fsp3) is 0.471. The third-order valence-electron chi connectivity index (χ3n) is 3.24. The highest BCUT2D eigenvalue weighted by Gasteiger charge is 2.15. The molecule has 0 aliphatic rings. The first-order valence-corrected chi connectivity index (χ1v) is 9.76. The van der Waals surface area contributed by atoms with Crippen LogP contribution in [-0.2, 0) is 11.2 Å². The van der Waals surface area contributed by atoms with Gasteiger partial charge >= 0.3 is 0 Å². The topological polar surface area (TPSA) is 73.3 Å². The summed E-state index contributed by atoms with van der Waals surface area (Å²) in [5.74, 6) is 1.43. The second-order valence-electron chi connectivity index (χ2n) is 5.58. The van der Waals surface area contributed by atoms with Crippen molar-refractivity contribution in [1.29, 1.82) is 0 Å². The summed E-state index contributed by atoms with van der Waals surface area (Å²) in [6, 6.07) is 3.66. The van der Waals surface area contributed by atoms with Crippen LogP contribution in [0.5, 0.6) is 11.5 Å². The molecule has 0 radical (unpaired) electrons. The van der Waals surface area contributed by atoms with Gasteiger partial charge in [0, 0.05) is 10.4 Å². The van der Waals surface area contributed by atoms with Gasteiger partial charge in [-0.15, -0.1) is 10.2 Å². The van der Waals surface area contributed by atoms with E-state index >= 15 is 0 Å². The smallest absolute Gasteiger partial charge is 0.230 e. The largest absolute Gasteiger partial charge is 0.490 e. The van der Waals surface area contributed by atoms with Crippen molar-refractivity contribution in [2.75, 3.05) is 18.5 Å². The van der Waals surface area contributed by atoms with E-state index in [-0.39, 0.29) is 18.2 Å². The van der Waals surface area contributed by atoms with Crippen LogP contribution in [0, 0.1) is 0 Å². The number of ether oxygens (including phenoxy) is 2. The molecule has 0 saturated heterocycles. The van der Waals surface area contributed by atoms with E-state index in [1.807, 2.05) is 39.8 Å². The van der Waals surface area contributed by atoms with Crippen molar-refractivity contribution in [2.24, 2.45) is 0 Å². The summed E-state index contributed by atoms with van der Waals surface area (Å²) in [5.41, 5.74) is 0.818. The fourth-order valence-electron chi connectivity index (χ4n) is 2.10. The number of halogens is 1. The van der Waals surface area contributed by atoms with Gasteiger partial charge in [0.25, 0.3) is 0 Å². The number of aromatic nitrogens is 2. The summed E-state index contributed by atoms with van der Waals surface area (Å²) < 4.78 is 12.0. The minimum Gasteiger partial charge on any atom is -0.490 e. The molecule has 0 atom stereocenters. The maximum atomic E-state index is 12.3. The molecule has 1 heterocycles. The Bertz CT molecular complexity index is 734. The number of carbonyl (C=O) groups is 1. The molecule has 0 saturated carbocycles. The van der Waals surface area contributed by atoms with Crippen LogP contribution in [-0.4, -0.2) is 29.3 Å². The van der Waals surface area contributed by atoms with Crippen molar-refractivity contribution >= 4 is 38.3 Å². The van der Waals surface area contributed by atoms with E-state index in [9.17, 15) is 4.79 Å². The molecule has 136 valence electrons. The number of hydrogen-bond acceptors (Lipinski definition) is 6. The van der Waals surface area contributed by atoms with Crippen molar-refractivity contribution in [2.45, 2.75) is 40.0 Å². The third-order valence-corrected chi connectivity index (χ3v) is 5.12. The van der Waals surface area contributed by atoms with Gasteiger partial charge in [0.2, 0.25) is 11.0 Å². The second-order valence-corrected chi connectivity index (χ2v) is 7.44. The molecule has 0 spiro atoms. The number of hydrogen-bond donors (Lipinski definition) is 1. The molecule has 1 aromatic heterocycles. The zero-order valence-electron chi connectivity index (χ0n) is 14.8. The lowest BCUT2D eigenvalue weighted by Gasteiger charge is -2.14. The van der Waals surface area contributed by atoms with Gasteiger partial charge in [0.15, 0.2) is 11.5 Å². The molecule has 0 fully saturated rings. The summed E-state index contributed by atoms with van der Waals surface area (Å²) >= 11 is 4.89. The normalized spacial score (nSPS) is 10.8. The van der Waals surface area contributed by atoms with Crippen LogP contribution in [0.2, 0.25) is 0 Å². The molecule has 0 bridgehead atoms. The molecular weight excluding hydrogens is 406 g/mol. The van der Waals surface area contributed by atoms with E-state index in [1.54, 1.807) is 0 Å². The molecule has 1 amide bonds. The van der Waals surface area contributed by atoms with Crippen molar-refractivity contribution < 1.29 is 14.3 Å². The minimum atomic E-state index is -0.154. The molecule has 25 heavy (non-hydrogen) atoms. The van der Waals surface area contributed by atoms with Crippen molar-refractivity contribution in [3.05, 3.63) is 27.2 Å². The van der Waals surface area contributed by atoms with Crippen LogP contribution in [0.1, 0.15) is 44.2 Å². The highest BCUT2D eigenvalue weighted by molar-refractivity contribution is 9.10. The molecule has 2 aromatic rings. The lowest BCUT2D eigenvalue weighted by atomic mass is 10.1. The maximum absolute atomic E-state index is 12.3. The number of carbonyl (C=O) groups excluding carboxylic acids is 1. The summed E-state index contributed by atoms with van der Waals surface area (Å²) in [5, 5.41) is 12.3. The van der Waals surface area contributed by atoms with E-state index in [0.29, 0.717) is 29.8 Å². The monoisotopic (exact) mass is 427 g/mol. The maximum Gasteiger partial charge on any atom is 0.230 e. The van der Waals surface area contributed by atoms with Gasteiger partial charge < -0.3 is 14.8 Å². The second kappa shape index (κ2) is 9.15. The summed E-state index contributed by atoms with van der Waals surface area (Å²) in [6.07, 6.45) is 0.198. The minimum absolute atomic E-state index is 0.154. The Balaban J connectivity index is 2.12. The molecule has 0 aliphatic carbocycles. The molecule has 1 aromatic carbocycles. The van der Waals surface area contributed by atoms with Gasteiger partial charge in [0.05, 0.1) is 19.6 Å². The van der Waals surface area contributed by atoms with Gasteiger partial charge in [-0.3, -0.25) is 4.79 Å². The van der Waals surface area contributed by atoms with E-state index in [4.69, 9.17) is 9.47 Å². The quantitative estimate of drug-likeness (QED) is 0.675. The first-order valence-electron chi connectivity index (χ1n) is 8.15. The van der Waals surface area contributed by atoms with Crippen molar-refractivity contribution in [3.63, 3.8) is 0 Å². The number of benzene rings is 1. The molecular formula is C17H22BrN3O3S. The molecule has 1 N–H and O–H groups in total. The molecule has 8 heteroatoms. The SMILES string of the molecule is CCOc1cc(Br)c(CC(=O)Nc2nnc(C(C)C)s2)cc1OCC. The Morgan fingerprint density at radius 1 is 1.20 bits per heavy atom. The predicted molar refractivity (Wildman–Crippen MR) is 103 cm³/mol. The molecule has 0 aliphatic heterocycles. The number of rotatable bonds is 8. The number of nitrogens with one attached hydrogen (secondary N) is 1. The first-order chi connectivity index (χ1) is 11.9. The molecule has 0 unspecified atom stereocenters. The van der Waals surface area contributed by atoms with E-state index in [2.05, 4.69) is 31.4 Å². The van der Waals surface area contributed by atoms with Crippen LogP contribution in [0.25, 0.3) is 0 Å². The average molecular weight is 428 g/mol. The van der Waals surface area contributed by atoms with Gasteiger partial charge in [-0.1, -0.05) is 41.1 Å².